The Labute approximate surface area is 144 Å². The summed E-state index contributed by atoms with van der Waals surface area (Å²) in [6.45, 7) is 0. The molecule has 0 radical (unpaired) electrons. The average molecular weight is 316 g/mol. The number of hydrogen-bond acceptors (Lipinski definition) is 1. The van der Waals surface area contributed by atoms with Crippen LogP contribution >= 0.6 is 0 Å². The second-order valence-corrected chi connectivity index (χ2v) is 6.07. The summed E-state index contributed by atoms with van der Waals surface area (Å²) in [4.78, 5) is 0. The maximum atomic E-state index is 5.63. The van der Waals surface area contributed by atoms with Crippen LogP contribution in [0, 0.1) is 0 Å². The van der Waals surface area contributed by atoms with Crippen molar-refractivity contribution in [1.82, 2.24) is 0 Å². The number of aryl methyl sites for hydroxylation is 2. The topological polar surface area (TPSA) is 13.1 Å². The molecule has 24 heavy (non-hydrogen) atoms. The van der Waals surface area contributed by atoms with Crippen molar-refractivity contribution in [2.45, 2.75) is 32.1 Å². The van der Waals surface area contributed by atoms with Gasteiger partial charge >= 0.3 is 0 Å². The Hall–Kier alpha value is -2.54. The summed E-state index contributed by atoms with van der Waals surface area (Å²) in [5.41, 5.74) is 4.12. The highest BCUT2D eigenvalue weighted by molar-refractivity contribution is 5.61. The van der Waals surface area contributed by atoms with Gasteiger partial charge in [0, 0.05) is 0 Å². The molecular formula is C23H24O. The third-order valence-electron chi connectivity index (χ3n) is 4.26. The van der Waals surface area contributed by atoms with Gasteiger partial charge in [-0.3, -0.25) is 0 Å². The fourth-order valence-electron chi connectivity index (χ4n) is 2.97. The van der Waals surface area contributed by atoms with E-state index in [1.165, 1.54) is 16.7 Å². The third kappa shape index (κ3) is 4.99. The van der Waals surface area contributed by atoms with Crippen LogP contribution in [0.2, 0.25) is 0 Å². The predicted molar refractivity (Wildman–Crippen MR) is 101 cm³/mol. The van der Waals surface area contributed by atoms with Gasteiger partial charge in [-0.2, -0.15) is 0 Å². The Bertz CT molecular complexity index is 724. The Morgan fingerprint density at radius 1 is 0.750 bits per heavy atom. The van der Waals surface area contributed by atoms with Crippen molar-refractivity contribution >= 4 is 5.57 Å². The van der Waals surface area contributed by atoms with E-state index in [0.717, 1.165) is 37.9 Å². The smallest absolute Gasteiger partial charge is 0.129 e. The monoisotopic (exact) mass is 316 g/mol. The molecule has 0 aliphatic rings. The van der Waals surface area contributed by atoms with Gasteiger partial charge in [0.15, 0.2) is 0 Å². The Kier molecular flexibility index (Phi) is 6.07. The highest BCUT2D eigenvalue weighted by atomic mass is 16.3. The van der Waals surface area contributed by atoms with Gasteiger partial charge in [0.25, 0.3) is 0 Å². The maximum Gasteiger partial charge on any atom is 0.129 e. The molecule has 0 bridgehead atoms. The molecule has 0 unspecified atom stereocenters. The van der Waals surface area contributed by atoms with Gasteiger partial charge in [0.2, 0.25) is 0 Å². The summed E-state index contributed by atoms with van der Waals surface area (Å²) in [5, 5.41) is 0. The zero-order chi connectivity index (χ0) is 16.5. The van der Waals surface area contributed by atoms with E-state index in [-0.39, 0.29) is 0 Å². The molecule has 0 spiro atoms. The van der Waals surface area contributed by atoms with Crippen molar-refractivity contribution in [3.8, 4) is 0 Å². The number of rotatable bonds is 8. The summed E-state index contributed by atoms with van der Waals surface area (Å²) in [7, 11) is 0. The SMILES string of the molecule is C(/CCc1ccccc1)=C(/CCCc1ccccc1)c1ccco1. The van der Waals surface area contributed by atoms with E-state index in [2.05, 4.69) is 72.8 Å². The lowest BCUT2D eigenvalue weighted by Gasteiger charge is -2.06. The molecule has 1 heterocycles. The lowest BCUT2D eigenvalue weighted by atomic mass is 10.0. The molecule has 1 aromatic heterocycles. The van der Waals surface area contributed by atoms with Crippen LogP contribution in [0.25, 0.3) is 5.57 Å². The minimum atomic E-state index is 1.01. The quantitative estimate of drug-likeness (QED) is 0.474. The van der Waals surface area contributed by atoms with Gasteiger partial charge in [-0.05, 0) is 60.9 Å². The Morgan fingerprint density at radius 2 is 1.42 bits per heavy atom. The molecule has 0 N–H and O–H groups in total. The molecule has 122 valence electrons. The molecule has 0 atom stereocenters. The second kappa shape index (κ2) is 8.93. The number of benzene rings is 2. The Balaban J connectivity index is 1.58. The fourth-order valence-corrected chi connectivity index (χ4v) is 2.97. The van der Waals surface area contributed by atoms with Gasteiger partial charge in [-0.1, -0.05) is 66.7 Å². The first-order valence-corrected chi connectivity index (χ1v) is 8.72. The first kappa shape index (κ1) is 16.3. The molecular weight excluding hydrogens is 292 g/mol. The average Bonchev–Trinajstić information content (AvgIpc) is 3.17. The molecule has 1 nitrogen and oxygen atoms in total. The van der Waals surface area contributed by atoms with E-state index in [1.807, 2.05) is 6.07 Å². The summed E-state index contributed by atoms with van der Waals surface area (Å²) in [5.74, 6) is 1.01. The van der Waals surface area contributed by atoms with Crippen LogP contribution in [0.1, 0.15) is 36.1 Å². The van der Waals surface area contributed by atoms with Crippen LogP contribution in [-0.4, -0.2) is 0 Å². The Morgan fingerprint density at radius 3 is 2.04 bits per heavy atom. The lowest BCUT2D eigenvalue weighted by Crippen LogP contribution is -1.89. The fraction of sp³-hybridized carbons (Fsp3) is 0.217. The van der Waals surface area contributed by atoms with Crippen LogP contribution in [0.15, 0.2) is 89.6 Å². The van der Waals surface area contributed by atoms with Gasteiger partial charge in [0.1, 0.15) is 5.76 Å². The summed E-state index contributed by atoms with van der Waals surface area (Å²) in [6.07, 6.45) is 9.53. The normalized spacial score (nSPS) is 11.6. The third-order valence-corrected chi connectivity index (χ3v) is 4.26. The molecule has 0 fully saturated rings. The molecule has 1 heteroatoms. The van der Waals surface area contributed by atoms with Crippen LogP contribution in [0.4, 0.5) is 0 Å². The van der Waals surface area contributed by atoms with Crippen LogP contribution in [-0.2, 0) is 12.8 Å². The maximum absolute atomic E-state index is 5.63. The van der Waals surface area contributed by atoms with Crippen molar-refractivity contribution in [3.63, 3.8) is 0 Å². The predicted octanol–water partition coefficient (Wildman–Crippen LogP) is 6.32. The molecule has 2 aromatic carbocycles. The van der Waals surface area contributed by atoms with Gasteiger partial charge in [-0.25, -0.2) is 0 Å². The van der Waals surface area contributed by atoms with E-state index < -0.39 is 0 Å². The zero-order valence-corrected chi connectivity index (χ0v) is 14.0. The molecule has 0 aliphatic heterocycles. The van der Waals surface area contributed by atoms with Crippen LogP contribution in [0.5, 0.6) is 0 Å². The van der Waals surface area contributed by atoms with Crippen LogP contribution in [0.3, 0.4) is 0 Å². The van der Waals surface area contributed by atoms with E-state index in [0.29, 0.717) is 0 Å². The lowest BCUT2D eigenvalue weighted by molar-refractivity contribution is 0.548. The zero-order valence-electron chi connectivity index (χ0n) is 14.0. The van der Waals surface area contributed by atoms with Crippen molar-refractivity contribution in [2.75, 3.05) is 0 Å². The number of hydrogen-bond donors (Lipinski definition) is 0. The first-order valence-electron chi connectivity index (χ1n) is 8.72. The standard InChI is InChI=1S/C23H24O/c1-3-10-20(11-4-1)14-7-16-22(23-18-9-19-24-23)17-8-15-21-12-5-2-6-13-21/h1-6,9-13,16,18-19H,7-8,14-15,17H2/b22-16+. The second-order valence-electron chi connectivity index (χ2n) is 6.07. The van der Waals surface area contributed by atoms with Crippen molar-refractivity contribution < 1.29 is 4.42 Å². The van der Waals surface area contributed by atoms with E-state index in [1.54, 1.807) is 6.26 Å². The van der Waals surface area contributed by atoms with E-state index in [4.69, 9.17) is 4.42 Å². The highest BCUT2D eigenvalue weighted by Crippen LogP contribution is 2.23. The van der Waals surface area contributed by atoms with Gasteiger partial charge in [0.05, 0.1) is 6.26 Å². The molecule has 3 aromatic rings. The highest BCUT2D eigenvalue weighted by Gasteiger charge is 2.05. The van der Waals surface area contributed by atoms with Gasteiger partial charge in [-0.15, -0.1) is 0 Å². The largest absolute Gasteiger partial charge is 0.465 e. The summed E-state index contributed by atoms with van der Waals surface area (Å²) in [6, 6.07) is 25.4. The molecule has 0 aliphatic carbocycles. The minimum Gasteiger partial charge on any atom is -0.465 e. The first-order chi connectivity index (χ1) is 11.9. The van der Waals surface area contributed by atoms with E-state index >= 15 is 0 Å². The summed E-state index contributed by atoms with van der Waals surface area (Å²) < 4.78 is 5.63. The molecule has 0 saturated carbocycles. The van der Waals surface area contributed by atoms with Crippen molar-refractivity contribution in [3.05, 3.63) is 102 Å². The van der Waals surface area contributed by atoms with Crippen molar-refractivity contribution in [1.29, 1.82) is 0 Å². The molecule has 0 saturated heterocycles. The van der Waals surface area contributed by atoms with Crippen LogP contribution < -0.4 is 0 Å². The van der Waals surface area contributed by atoms with Crippen molar-refractivity contribution in [2.24, 2.45) is 0 Å². The van der Waals surface area contributed by atoms with Gasteiger partial charge < -0.3 is 4.42 Å². The number of allylic oxidation sites excluding steroid dienone is 2. The molecule has 0 amide bonds. The minimum absolute atomic E-state index is 1.01. The summed E-state index contributed by atoms with van der Waals surface area (Å²) >= 11 is 0. The number of furan rings is 1. The molecule has 3 rings (SSSR count). The van der Waals surface area contributed by atoms with E-state index in [9.17, 15) is 0 Å².